The molecule has 0 spiro atoms. The van der Waals surface area contributed by atoms with Crippen molar-refractivity contribution < 1.29 is 23.8 Å². The number of nitrogens with two attached hydrogens (primary N) is 2. The summed E-state index contributed by atoms with van der Waals surface area (Å²) in [5.41, 5.74) is 12.5. The molecule has 3 heterocycles. The fourth-order valence-corrected chi connectivity index (χ4v) is 3.40. The van der Waals surface area contributed by atoms with E-state index in [2.05, 4.69) is 9.97 Å². The van der Waals surface area contributed by atoms with E-state index in [0.717, 1.165) is 6.66 Å². The average Bonchev–Trinajstić information content (AvgIpc) is 3.06. The molecule has 0 aliphatic carbocycles. The van der Waals surface area contributed by atoms with Gasteiger partial charge < -0.3 is 35.3 Å². The molecule has 1 saturated heterocycles. The van der Waals surface area contributed by atoms with Crippen LogP contribution in [0.5, 0.6) is 0 Å². The summed E-state index contributed by atoms with van der Waals surface area (Å²) in [7, 11) is -3.62. The van der Waals surface area contributed by atoms with Crippen molar-refractivity contribution in [2.45, 2.75) is 24.9 Å². The molecule has 136 valence electrons. The first-order valence-electron chi connectivity index (χ1n) is 7.36. The Bertz CT molecular complexity index is 868. The van der Waals surface area contributed by atoms with Gasteiger partial charge in [-0.15, -0.1) is 0 Å². The Labute approximate surface area is 148 Å². The van der Waals surface area contributed by atoms with Crippen molar-refractivity contribution >= 4 is 41.7 Å². The Hall–Kier alpha value is -1.62. The Morgan fingerprint density at radius 1 is 1.60 bits per heavy atom. The van der Waals surface area contributed by atoms with E-state index in [1.165, 1.54) is 6.33 Å². The van der Waals surface area contributed by atoms with Gasteiger partial charge in [0.05, 0.1) is 18.1 Å². The molecule has 1 aliphatic rings. The quantitative estimate of drug-likeness (QED) is 0.410. The van der Waals surface area contributed by atoms with Crippen LogP contribution in [0, 0.1) is 0 Å². The standard InChI is InChI=1S/C13H18N5O5PS/c1-24(20,21)22-4-6-2-8(19)13(23-6)18-3-7(11(15)25)9-10(14)16-5-17-12(9)18/h3,5-6,8,13,19H,2,4H2,1H3,(H2,15,25)(H,20,21)(H2,14,16,17). The molecule has 25 heavy (non-hydrogen) atoms. The minimum Gasteiger partial charge on any atom is -0.389 e. The van der Waals surface area contributed by atoms with Crippen LogP contribution in [0.4, 0.5) is 5.82 Å². The predicted molar refractivity (Wildman–Crippen MR) is 94.1 cm³/mol. The lowest BCUT2D eigenvalue weighted by molar-refractivity contribution is -0.0462. The summed E-state index contributed by atoms with van der Waals surface area (Å²) >= 11 is 5.04. The molecule has 0 amide bonds. The molecular weight excluding hydrogens is 369 g/mol. The molecule has 4 unspecified atom stereocenters. The molecule has 0 aromatic carbocycles. The first-order chi connectivity index (χ1) is 11.7. The second-order valence-corrected chi connectivity index (χ2v) is 8.13. The number of rotatable bonds is 5. The molecule has 4 atom stereocenters. The Balaban J connectivity index is 1.93. The van der Waals surface area contributed by atoms with Crippen LogP contribution in [0.3, 0.4) is 0 Å². The van der Waals surface area contributed by atoms with Gasteiger partial charge in [0.1, 0.15) is 28.9 Å². The van der Waals surface area contributed by atoms with Gasteiger partial charge in [-0.05, 0) is 0 Å². The van der Waals surface area contributed by atoms with E-state index in [9.17, 15) is 14.6 Å². The van der Waals surface area contributed by atoms with Gasteiger partial charge >= 0.3 is 7.60 Å². The first kappa shape index (κ1) is 18.2. The summed E-state index contributed by atoms with van der Waals surface area (Å²) in [6.45, 7) is 0.972. The number of thiocarbonyl (C=S) groups is 1. The number of fused-ring (bicyclic) bond motifs is 1. The zero-order chi connectivity index (χ0) is 18.4. The third-order valence-corrected chi connectivity index (χ3v) is 4.69. The predicted octanol–water partition coefficient (Wildman–Crippen LogP) is 0.128. The van der Waals surface area contributed by atoms with Crippen LogP contribution in [0.2, 0.25) is 0 Å². The third-order valence-electron chi connectivity index (χ3n) is 3.84. The van der Waals surface area contributed by atoms with Crippen LogP contribution < -0.4 is 11.5 Å². The van der Waals surface area contributed by atoms with Gasteiger partial charge in [-0.1, -0.05) is 12.2 Å². The maximum atomic E-state index is 11.2. The highest BCUT2D eigenvalue weighted by Crippen LogP contribution is 2.39. The molecule has 10 nitrogen and oxygen atoms in total. The minimum atomic E-state index is -3.62. The van der Waals surface area contributed by atoms with E-state index in [1.807, 2.05) is 0 Å². The maximum absolute atomic E-state index is 11.2. The number of nitrogen functional groups attached to an aromatic ring is 1. The van der Waals surface area contributed by atoms with Gasteiger partial charge in [-0.25, -0.2) is 9.97 Å². The summed E-state index contributed by atoms with van der Waals surface area (Å²) < 4.78 is 23.5. The van der Waals surface area contributed by atoms with Crippen LogP contribution in [-0.2, 0) is 13.8 Å². The molecule has 0 bridgehead atoms. The van der Waals surface area contributed by atoms with Gasteiger partial charge in [0.25, 0.3) is 0 Å². The van der Waals surface area contributed by atoms with E-state index >= 15 is 0 Å². The fourth-order valence-electron chi connectivity index (χ4n) is 2.80. The molecule has 1 aliphatic heterocycles. The van der Waals surface area contributed by atoms with Crippen molar-refractivity contribution in [3.05, 3.63) is 18.1 Å². The number of aromatic nitrogens is 3. The second-order valence-electron chi connectivity index (χ2n) is 5.82. The Morgan fingerprint density at radius 2 is 2.32 bits per heavy atom. The molecule has 12 heteroatoms. The van der Waals surface area contributed by atoms with Crippen molar-refractivity contribution in [1.82, 2.24) is 14.5 Å². The Kier molecular flexibility index (Phi) is 4.80. The lowest BCUT2D eigenvalue weighted by Gasteiger charge is -2.18. The number of ether oxygens (including phenoxy) is 1. The number of hydrogen-bond donors (Lipinski definition) is 4. The van der Waals surface area contributed by atoms with Gasteiger partial charge in [0.2, 0.25) is 0 Å². The highest BCUT2D eigenvalue weighted by Gasteiger charge is 2.37. The van der Waals surface area contributed by atoms with E-state index in [4.69, 9.17) is 32.9 Å². The summed E-state index contributed by atoms with van der Waals surface area (Å²) in [4.78, 5) is 17.5. The molecule has 2 aromatic rings. The first-order valence-corrected chi connectivity index (χ1v) is 9.80. The molecule has 3 rings (SSSR count). The molecule has 0 radical (unpaired) electrons. The topological polar surface area (TPSA) is 159 Å². The fraction of sp³-hybridized carbons (Fsp3) is 0.462. The maximum Gasteiger partial charge on any atom is 0.325 e. The molecular formula is C13H18N5O5PS. The van der Waals surface area contributed by atoms with Crippen LogP contribution in [-0.4, -0.2) is 55.0 Å². The van der Waals surface area contributed by atoms with Gasteiger partial charge in [0, 0.05) is 24.8 Å². The summed E-state index contributed by atoms with van der Waals surface area (Å²) in [6.07, 6.45) is 0.904. The second kappa shape index (κ2) is 6.60. The van der Waals surface area contributed by atoms with Gasteiger partial charge in [-0.2, -0.15) is 0 Å². The summed E-state index contributed by atoms with van der Waals surface area (Å²) in [5, 5.41) is 10.8. The van der Waals surface area contributed by atoms with Crippen LogP contribution in [0.1, 0.15) is 18.2 Å². The third kappa shape index (κ3) is 3.66. The zero-order valence-corrected chi connectivity index (χ0v) is 15.0. The van der Waals surface area contributed by atoms with Crippen molar-refractivity contribution in [2.75, 3.05) is 19.0 Å². The molecule has 2 aromatic heterocycles. The largest absolute Gasteiger partial charge is 0.389 e. The molecule has 0 saturated carbocycles. The monoisotopic (exact) mass is 387 g/mol. The normalized spacial score (nSPS) is 26.0. The highest BCUT2D eigenvalue weighted by molar-refractivity contribution is 7.80. The van der Waals surface area contributed by atoms with E-state index in [0.29, 0.717) is 16.6 Å². The van der Waals surface area contributed by atoms with E-state index < -0.39 is 26.0 Å². The lowest BCUT2D eigenvalue weighted by atomic mass is 10.2. The Morgan fingerprint density at radius 3 is 2.96 bits per heavy atom. The minimum absolute atomic E-state index is 0.115. The smallest absolute Gasteiger partial charge is 0.325 e. The van der Waals surface area contributed by atoms with Crippen molar-refractivity contribution in [3.8, 4) is 0 Å². The van der Waals surface area contributed by atoms with Crippen molar-refractivity contribution in [3.63, 3.8) is 0 Å². The number of aliphatic hydroxyl groups excluding tert-OH is 1. The average molecular weight is 387 g/mol. The number of hydrogen-bond acceptors (Lipinski definition) is 8. The highest BCUT2D eigenvalue weighted by atomic mass is 32.1. The van der Waals surface area contributed by atoms with Gasteiger partial charge in [-0.3, -0.25) is 4.57 Å². The SMILES string of the molecule is CP(=O)(O)OCC1CC(O)C(n2cc(C(N)=S)c3c(N)ncnc32)O1. The van der Waals surface area contributed by atoms with E-state index in [-0.39, 0.29) is 23.8 Å². The summed E-state index contributed by atoms with van der Waals surface area (Å²) in [6, 6.07) is 0. The van der Waals surface area contributed by atoms with Crippen molar-refractivity contribution in [2.24, 2.45) is 5.73 Å². The summed E-state index contributed by atoms with van der Waals surface area (Å²) in [5.74, 6) is 0.214. The van der Waals surface area contributed by atoms with Gasteiger partial charge in [0.15, 0.2) is 6.23 Å². The molecule has 1 fully saturated rings. The lowest BCUT2D eigenvalue weighted by Crippen LogP contribution is -2.19. The zero-order valence-electron chi connectivity index (χ0n) is 13.3. The van der Waals surface area contributed by atoms with Crippen molar-refractivity contribution in [1.29, 1.82) is 0 Å². The molecule has 6 N–H and O–H groups in total. The number of nitrogens with zero attached hydrogens (tertiary/aromatic N) is 3. The van der Waals surface area contributed by atoms with Crippen LogP contribution in [0.15, 0.2) is 12.5 Å². The van der Waals surface area contributed by atoms with Crippen LogP contribution in [0.25, 0.3) is 11.0 Å². The van der Waals surface area contributed by atoms with E-state index in [1.54, 1.807) is 10.8 Å². The number of anilines is 1. The number of aliphatic hydroxyl groups is 1. The van der Waals surface area contributed by atoms with Crippen LogP contribution >= 0.6 is 19.8 Å².